The van der Waals surface area contributed by atoms with E-state index in [2.05, 4.69) is 4.99 Å². The molecule has 11 heteroatoms. The fraction of sp³-hybridized carbons (Fsp3) is 0.333. The van der Waals surface area contributed by atoms with Crippen LogP contribution in [0.15, 0.2) is 52.4 Å². The first-order chi connectivity index (χ1) is 15.3. The SMILES string of the molecule is CCn1c(=NC(=O)c2ccc(S(=O)(=O)N3CCCCC3)cc2)sc2cc([N+](=O)[O-])ccc21. The van der Waals surface area contributed by atoms with Crippen LogP contribution in [0.25, 0.3) is 10.2 Å². The lowest BCUT2D eigenvalue weighted by Crippen LogP contribution is -2.35. The summed E-state index contributed by atoms with van der Waals surface area (Å²) in [7, 11) is -3.57. The molecule has 32 heavy (non-hydrogen) atoms. The molecular formula is C21H22N4O5S2. The number of carbonyl (C=O) groups is 1. The summed E-state index contributed by atoms with van der Waals surface area (Å²) in [4.78, 5) is 28.1. The summed E-state index contributed by atoms with van der Waals surface area (Å²) in [5, 5.41) is 11.0. The number of rotatable bonds is 5. The van der Waals surface area contributed by atoms with Gasteiger partial charge in [-0.05, 0) is 50.1 Å². The Kier molecular flexibility index (Phi) is 6.22. The number of carbonyl (C=O) groups excluding carboxylic acids is 1. The van der Waals surface area contributed by atoms with E-state index in [1.54, 1.807) is 6.07 Å². The first-order valence-corrected chi connectivity index (χ1v) is 12.5. The van der Waals surface area contributed by atoms with Crippen LogP contribution in [0.4, 0.5) is 5.69 Å². The number of hydrogen-bond acceptors (Lipinski definition) is 6. The molecule has 2 heterocycles. The molecule has 1 amide bonds. The Morgan fingerprint density at radius 1 is 1.12 bits per heavy atom. The lowest BCUT2D eigenvalue weighted by atomic mass is 10.2. The fourth-order valence-corrected chi connectivity index (χ4v) is 6.38. The summed E-state index contributed by atoms with van der Waals surface area (Å²) < 4.78 is 29.5. The van der Waals surface area contributed by atoms with Crippen LogP contribution in [0, 0.1) is 10.1 Å². The maximum atomic E-state index is 12.8. The Labute approximate surface area is 188 Å². The van der Waals surface area contributed by atoms with E-state index in [0.717, 1.165) is 24.8 Å². The summed E-state index contributed by atoms with van der Waals surface area (Å²) in [6.07, 6.45) is 2.73. The van der Waals surface area contributed by atoms with Crippen LogP contribution in [-0.2, 0) is 16.6 Å². The van der Waals surface area contributed by atoms with Gasteiger partial charge < -0.3 is 4.57 Å². The number of aryl methyl sites for hydroxylation is 1. The van der Waals surface area contributed by atoms with E-state index >= 15 is 0 Å². The molecule has 2 aromatic carbocycles. The maximum Gasteiger partial charge on any atom is 0.279 e. The van der Waals surface area contributed by atoms with E-state index in [0.29, 0.717) is 29.1 Å². The van der Waals surface area contributed by atoms with E-state index in [4.69, 9.17) is 0 Å². The van der Waals surface area contributed by atoms with Gasteiger partial charge in [0.05, 0.1) is 20.0 Å². The fourth-order valence-electron chi connectivity index (χ4n) is 3.74. The molecule has 0 aliphatic carbocycles. The largest absolute Gasteiger partial charge is 0.317 e. The minimum atomic E-state index is -3.57. The van der Waals surface area contributed by atoms with Crippen molar-refractivity contribution in [3.05, 3.63) is 62.9 Å². The molecule has 0 atom stereocenters. The van der Waals surface area contributed by atoms with Gasteiger partial charge in [0.1, 0.15) is 0 Å². The summed E-state index contributed by atoms with van der Waals surface area (Å²) in [5.74, 6) is -0.504. The van der Waals surface area contributed by atoms with Crippen molar-refractivity contribution < 1.29 is 18.1 Å². The number of nitro benzene ring substituents is 1. The Hall–Kier alpha value is -2.89. The minimum Gasteiger partial charge on any atom is -0.317 e. The first-order valence-electron chi connectivity index (χ1n) is 10.3. The van der Waals surface area contributed by atoms with Crippen molar-refractivity contribution in [3.8, 4) is 0 Å². The van der Waals surface area contributed by atoms with E-state index in [1.165, 1.54) is 52.0 Å². The standard InChI is InChI=1S/C21H22N4O5S2/c1-2-24-18-11-8-16(25(27)28)14-19(18)31-21(24)22-20(26)15-6-9-17(10-7-15)32(29,30)23-12-4-3-5-13-23/h6-11,14H,2-5,12-13H2,1H3. The van der Waals surface area contributed by atoms with Crippen molar-refractivity contribution in [1.29, 1.82) is 0 Å². The topological polar surface area (TPSA) is 115 Å². The molecule has 1 saturated heterocycles. The van der Waals surface area contributed by atoms with Gasteiger partial charge in [-0.2, -0.15) is 9.30 Å². The summed E-state index contributed by atoms with van der Waals surface area (Å²) in [6.45, 7) is 3.47. The smallest absolute Gasteiger partial charge is 0.279 e. The zero-order valence-electron chi connectivity index (χ0n) is 17.4. The highest BCUT2D eigenvalue weighted by molar-refractivity contribution is 7.89. The third-order valence-corrected chi connectivity index (χ3v) is 8.40. The highest BCUT2D eigenvalue weighted by Gasteiger charge is 2.26. The van der Waals surface area contributed by atoms with Gasteiger partial charge in [0, 0.05) is 37.3 Å². The summed E-state index contributed by atoms with van der Waals surface area (Å²) in [6, 6.07) is 10.4. The van der Waals surface area contributed by atoms with Crippen molar-refractivity contribution in [1.82, 2.24) is 8.87 Å². The van der Waals surface area contributed by atoms with Crippen molar-refractivity contribution in [2.45, 2.75) is 37.6 Å². The molecule has 1 fully saturated rings. The number of fused-ring (bicyclic) bond motifs is 1. The van der Waals surface area contributed by atoms with E-state index < -0.39 is 20.9 Å². The summed E-state index contributed by atoms with van der Waals surface area (Å²) in [5.41, 5.74) is 1.01. The van der Waals surface area contributed by atoms with Gasteiger partial charge in [-0.3, -0.25) is 14.9 Å². The van der Waals surface area contributed by atoms with Crippen LogP contribution in [-0.4, -0.2) is 41.2 Å². The highest BCUT2D eigenvalue weighted by Crippen LogP contribution is 2.24. The Balaban J connectivity index is 1.65. The molecule has 1 aliphatic heterocycles. The predicted octanol–water partition coefficient (Wildman–Crippen LogP) is 3.55. The van der Waals surface area contributed by atoms with Crippen LogP contribution in [0.3, 0.4) is 0 Å². The third-order valence-electron chi connectivity index (χ3n) is 5.44. The molecule has 0 radical (unpaired) electrons. The number of amides is 1. The van der Waals surface area contributed by atoms with Crippen LogP contribution in [0.1, 0.15) is 36.5 Å². The average Bonchev–Trinajstić information content (AvgIpc) is 3.15. The van der Waals surface area contributed by atoms with Crippen LogP contribution in [0.2, 0.25) is 0 Å². The molecule has 0 saturated carbocycles. The average molecular weight is 475 g/mol. The molecule has 4 rings (SSSR count). The number of nitro groups is 1. The summed E-state index contributed by atoms with van der Waals surface area (Å²) >= 11 is 1.20. The number of thiazole rings is 1. The number of non-ortho nitro benzene ring substituents is 1. The molecule has 0 N–H and O–H groups in total. The molecule has 1 aliphatic rings. The van der Waals surface area contributed by atoms with Crippen LogP contribution >= 0.6 is 11.3 Å². The quantitative estimate of drug-likeness (QED) is 0.414. The van der Waals surface area contributed by atoms with Gasteiger partial charge in [-0.1, -0.05) is 17.8 Å². The zero-order valence-corrected chi connectivity index (χ0v) is 19.1. The van der Waals surface area contributed by atoms with Crippen LogP contribution in [0.5, 0.6) is 0 Å². The highest BCUT2D eigenvalue weighted by atomic mass is 32.2. The van der Waals surface area contributed by atoms with Gasteiger partial charge in [0.15, 0.2) is 4.80 Å². The van der Waals surface area contributed by atoms with Gasteiger partial charge in [0.2, 0.25) is 10.0 Å². The number of hydrogen-bond donors (Lipinski definition) is 0. The Morgan fingerprint density at radius 2 is 1.81 bits per heavy atom. The monoisotopic (exact) mass is 474 g/mol. The Bertz CT molecular complexity index is 1350. The lowest BCUT2D eigenvalue weighted by molar-refractivity contribution is -0.384. The molecule has 168 valence electrons. The van der Waals surface area contributed by atoms with Crippen molar-refractivity contribution in [2.75, 3.05) is 13.1 Å². The molecule has 1 aromatic heterocycles. The molecule has 3 aromatic rings. The maximum absolute atomic E-state index is 12.8. The van der Waals surface area contributed by atoms with Gasteiger partial charge in [-0.15, -0.1) is 0 Å². The second-order valence-corrected chi connectivity index (χ2v) is 10.4. The van der Waals surface area contributed by atoms with Crippen molar-refractivity contribution in [2.24, 2.45) is 4.99 Å². The second kappa shape index (κ2) is 8.93. The van der Waals surface area contributed by atoms with Crippen LogP contribution < -0.4 is 4.80 Å². The minimum absolute atomic E-state index is 0.0228. The number of aromatic nitrogens is 1. The van der Waals surface area contributed by atoms with Crippen molar-refractivity contribution >= 4 is 43.2 Å². The number of nitrogens with zero attached hydrogens (tertiary/aromatic N) is 4. The van der Waals surface area contributed by atoms with E-state index in [-0.39, 0.29) is 16.1 Å². The molecule has 9 nitrogen and oxygen atoms in total. The van der Waals surface area contributed by atoms with Gasteiger partial charge in [-0.25, -0.2) is 8.42 Å². The second-order valence-electron chi connectivity index (χ2n) is 7.44. The zero-order chi connectivity index (χ0) is 22.9. The number of benzene rings is 2. The van der Waals surface area contributed by atoms with Gasteiger partial charge in [0.25, 0.3) is 11.6 Å². The number of sulfonamides is 1. The molecule has 0 spiro atoms. The normalized spacial score (nSPS) is 15.8. The molecular weight excluding hydrogens is 452 g/mol. The Morgan fingerprint density at radius 3 is 2.44 bits per heavy atom. The molecule has 0 bridgehead atoms. The van der Waals surface area contributed by atoms with Crippen molar-refractivity contribution in [3.63, 3.8) is 0 Å². The molecule has 0 unspecified atom stereocenters. The lowest BCUT2D eigenvalue weighted by Gasteiger charge is -2.25. The van der Waals surface area contributed by atoms with Gasteiger partial charge >= 0.3 is 0 Å². The first kappa shape index (κ1) is 22.3. The van der Waals surface area contributed by atoms with E-state index in [9.17, 15) is 23.3 Å². The van der Waals surface area contributed by atoms with E-state index in [1.807, 2.05) is 11.5 Å². The predicted molar refractivity (Wildman–Crippen MR) is 121 cm³/mol. The third kappa shape index (κ3) is 4.23. The number of piperidine rings is 1.